The van der Waals surface area contributed by atoms with E-state index >= 15 is 0 Å². The van der Waals surface area contributed by atoms with Crippen LogP contribution in [-0.4, -0.2) is 0 Å². The van der Waals surface area contributed by atoms with Gasteiger partial charge in [0.15, 0.2) is 0 Å². The zero-order valence-electron chi connectivity index (χ0n) is 7.67. The lowest BCUT2D eigenvalue weighted by atomic mass is 9.84. The van der Waals surface area contributed by atoms with Gasteiger partial charge in [-0.15, -0.1) is 0 Å². The van der Waals surface area contributed by atoms with Crippen molar-refractivity contribution < 1.29 is 0 Å². The third kappa shape index (κ3) is 2.05. The zero-order chi connectivity index (χ0) is 9.10. The van der Waals surface area contributed by atoms with Crippen LogP contribution in [0.5, 0.6) is 0 Å². The van der Waals surface area contributed by atoms with Crippen molar-refractivity contribution >= 4 is 11.6 Å². The molecule has 0 aliphatic heterocycles. The highest BCUT2D eigenvalue weighted by molar-refractivity contribution is 6.31. The number of halogens is 1. The first kappa shape index (κ1) is 9.08. The van der Waals surface area contributed by atoms with E-state index in [1.165, 1.54) is 31.2 Å². The van der Waals surface area contributed by atoms with Crippen molar-refractivity contribution in [3.05, 3.63) is 41.3 Å². The molecule has 1 saturated carbocycles. The van der Waals surface area contributed by atoms with Gasteiger partial charge in [-0.05, 0) is 49.7 Å². The van der Waals surface area contributed by atoms with Gasteiger partial charge in [-0.1, -0.05) is 29.8 Å². The van der Waals surface area contributed by atoms with Gasteiger partial charge < -0.3 is 0 Å². The molecule has 1 radical (unpaired) electrons. The van der Waals surface area contributed by atoms with E-state index in [4.69, 9.17) is 11.6 Å². The molecule has 2 rings (SSSR count). The zero-order valence-corrected chi connectivity index (χ0v) is 8.43. The Morgan fingerprint density at radius 2 is 1.77 bits per heavy atom. The van der Waals surface area contributed by atoms with Gasteiger partial charge in [-0.25, -0.2) is 0 Å². The number of rotatable bonds is 1. The SMILES string of the molecule is Clc1ccccc1C1CC[CH]CC1. The summed E-state index contributed by atoms with van der Waals surface area (Å²) in [5.74, 6) is 0.693. The molecule has 1 aliphatic rings. The van der Waals surface area contributed by atoms with Crippen molar-refractivity contribution in [1.29, 1.82) is 0 Å². The monoisotopic (exact) mass is 193 g/mol. The third-order valence-corrected chi connectivity index (χ3v) is 3.13. The molecular weight excluding hydrogens is 180 g/mol. The van der Waals surface area contributed by atoms with Crippen molar-refractivity contribution in [2.75, 3.05) is 0 Å². The third-order valence-electron chi connectivity index (χ3n) is 2.78. The van der Waals surface area contributed by atoms with Crippen molar-refractivity contribution in [3.63, 3.8) is 0 Å². The summed E-state index contributed by atoms with van der Waals surface area (Å²) in [6.07, 6.45) is 7.41. The van der Waals surface area contributed by atoms with Crippen LogP contribution in [0.4, 0.5) is 0 Å². The summed E-state index contributed by atoms with van der Waals surface area (Å²) in [4.78, 5) is 0. The lowest BCUT2D eigenvalue weighted by Gasteiger charge is -2.22. The Kier molecular flexibility index (Phi) is 2.90. The highest BCUT2D eigenvalue weighted by Crippen LogP contribution is 2.35. The van der Waals surface area contributed by atoms with Crippen LogP contribution in [0.25, 0.3) is 0 Å². The molecule has 0 aromatic heterocycles. The normalized spacial score (nSPS) is 18.8. The summed E-state index contributed by atoms with van der Waals surface area (Å²) in [7, 11) is 0. The minimum absolute atomic E-state index is 0.693. The van der Waals surface area contributed by atoms with Gasteiger partial charge in [0.2, 0.25) is 0 Å². The van der Waals surface area contributed by atoms with Crippen molar-refractivity contribution in [3.8, 4) is 0 Å². The quantitative estimate of drug-likeness (QED) is 0.627. The van der Waals surface area contributed by atoms with Gasteiger partial charge >= 0.3 is 0 Å². The average Bonchev–Trinajstić information content (AvgIpc) is 2.20. The van der Waals surface area contributed by atoms with Crippen LogP contribution in [0.3, 0.4) is 0 Å². The molecule has 0 atom stereocenters. The van der Waals surface area contributed by atoms with Crippen LogP contribution >= 0.6 is 11.6 Å². The molecule has 1 aliphatic carbocycles. The average molecular weight is 194 g/mol. The van der Waals surface area contributed by atoms with Gasteiger partial charge in [0.25, 0.3) is 0 Å². The highest BCUT2D eigenvalue weighted by atomic mass is 35.5. The Morgan fingerprint density at radius 3 is 2.46 bits per heavy atom. The van der Waals surface area contributed by atoms with Crippen LogP contribution < -0.4 is 0 Å². The van der Waals surface area contributed by atoms with Gasteiger partial charge in [0, 0.05) is 5.02 Å². The maximum absolute atomic E-state index is 6.15. The Labute approximate surface area is 84.9 Å². The molecule has 0 spiro atoms. The van der Waals surface area contributed by atoms with E-state index in [0.29, 0.717) is 5.92 Å². The first-order valence-electron chi connectivity index (χ1n) is 4.94. The second kappa shape index (κ2) is 4.15. The Hall–Kier alpha value is -0.490. The lowest BCUT2D eigenvalue weighted by Crippen LogP contribution is -2.05. The molecule has 0 N–H and O–H groups in total. The van der Waals surface area contributed by atoms with E-state index in [1.54, 1.807) is 0 Å². The molecule has 1 aromatic carbocycles. The molecule has 1 heteroatoms. The highest BCUT2D eigenvalue weighted by Gasteiger charge is 2.17. The van der Waals surface area contributed by atoms with Gasteiger partial charge in [0.05, 0.1) is 0 Å². The van der Waals surface area contributed by atoms with Gasteiger partial charge in [-0.2, -0.15) is 0 Å². The number of hydrogen-bond donors (Lipinski definition) is 0. The first-order chi connectivity index (χ1) is 6.38. The standard InChI is InChI=1S/C12H14Cl/c13-12-9-5-4-8-11(12)10-6-2-1-3-7-10/h1,4-5,8-10H,2-3,6-7H2. The minimum atomic E-state index is 0.693. The van der Waals surface area contributed by atoms with Crippen LogP contribution in [0.2, 0.25) is 5.02 Å². The second-order valence-electron chi connectivity index (χ2n) is 3.66. The minimum Gasteiger partial charge on any atom is -0.0840 e. The van der Waals surface area contributed by atoms with E-state index in [1.807, 2.05) is 12.1 Å². The Balaban J connectivity index is 2.18. The van der Waals surface area contributed by atoms with E-state index in [9.17, 15) is 0 Å². The molecule has 13 heavy (non-hydrogen) atoms. The summed E-state index contributed by atoms with van der Waals surface area (Å²) < 4.78 is 0. The molecule has 0 bridgehead atoms. The predicted octanol–water partition coefficient (Wildman–Crippen LogP) is 4.20. The van der Waals surface area contributed by atoms with Gasteiger partial charge in [0.1, 0.15) is 0 Å². The summed E-state index contributed by atoms with van der Waals surface area (Å²) in [6, 6.07) is 8.24. The Bertz CT molecular complexity index is 274. The predicted molar refractivity (Wildman–Crippen MR) is 57.0 cm³/mol. The number of benzene rings is 1. The topological polar surface area (TPSA) is 0 Å². The summed E-state index contributed by atoms with van der Waals surface area (Å²) in [6.45, 7) is 0. The fraction of sp³-hybridized carbons (Fsp3) is 0.417. The van der Waals surface area contributed by atoms with E-state index in [2.05, 4.69) is 18.6 Å². The molecule has 0 heterocycles. The number of hydrogen-bond acceptors (Lipinski definition) is 0. The Morgan fingerprint density at radius 1 is 1.08 bits per heavy atom. The van der Waals surface area contributed by atoms with Crippen molar-refractivity contribution in [2.45, 2.75) is 31.6 Å². The summed E-state index contributed by atoms with van der Waals surface area (Å²) >= 11 is 6.15. The fourth-order valence-electron chi connectivity index (χ4n) is 2.04. The van der Waals surface area contributed by atoms with Crippen LogP contribution in [0.1, 0.15) is 37.2 Å². The van der Waals surface area contributed by atoms with E-state index in [-0.39, 0.29) is 0 Å². The summed E-state index contributed by atoms with van der Waals surface area (Å²) in [5, 5.41) is 0.939. The second-order valence-corrected chi connectivity index (χ2v) is 4.07. The van der Waals surface area contributed by atoms with Crippen LogP contribution in [0.15, 0.2) is 24.3 Å². The van der Waals surface area contributed by atoms with E-state index in [0.717, 1.165) is 5.02 Å². The molecule has 1 fully saturated rings. The van der Waals surface area contributed by atoms with Gasteiger partial charge in [-0.3, -0.25) is 0 Å². The van der Waals surface area contributed by atoms with Crippen LogP contribution in [0, 0.1) is 6.42 Å². The summed E-state index contributed by atoms with van der Waals surface area (Å²) in [5.41, 5.74) is 1.34. The molecule has 0 saturated heterocycles. The van der Waals surface area contributed by atoms with E-state index < -0.39 is 0 Å². The van der Waals surface area contributed by atoms with Crippen molar-refractivity contribution in [2.24, 2.45) is 0 Å². The molecule has 69 valence electrons. The lowest BCUT2D eigenvalue weighted by molar-refractivity contribution is 0.512. The molecular formula is C12H14Cl. The maximum atomic E-state index is 6.15. The molecule has 1 aromatic rings. The maximum Gasteiger partial charge on any atom is 0.0440 e. The largest absolute Gasteiger partial charge is 0.0840 e. The van der Waals surface area contributed by atoms with Crippen molar-refractivity contribution in [1.82, 2.24) is 0 Å². The smallest absolute Gasteiger partial charge is 0.0440 e. The molecule has 0 unspecified atom stereocenters. The van der Waals surface area contributed by atoms with Crippen LogP contribution in [-0.2, 0) is 0 Å². The fourth-order valence-corrected chi connectivity index (χ4v) is 2.33. The molecule has 0 nitrogen and oxygen atoms in total. The molecule has 0 amide bonds. The first-order valence-corrected chi connectivity index (χ1v) is 5.32.